The minimum absolute atomic E-state index is 0.00738. The van der Waals surface area contributed by atoms with Crippen LogP contribution in [0.1, 0.15) is 64.2 Å². The summed E-state index contributed by atoms with van der Waals surface area (Å²) in [6.45, 7) is 6.21. The van der Waals surface area contributed by atoms with Gasteiger partial charge in [-0.15, -0.1) is 5.10 Å². The van der Waals surface area contributed by atoms with Crippen LogP contribution < -0.4 is 43.9 Å². The quantitative estimate of drug-likeness (QED) is 0.0244. The van der Waals surface area contributed by atoms with E-state index in [0.717, 1.165) is 12.7 Å². The molecule has 17 heteroatoms. The Morgan fingerprint density at radius 3 is 2.40 bits per heavy atom. The van der Waals surface area contributed by atoms with E-state index in [9.17, 15) is 14.4 Å². The third-order valence-electron chi connectivity index (χ3n) is 6.34. The van der Waals surface area contributed by atoms with Crippen LogP contribution in [-0.2, 0) is 11.4 Å². The molecular formula is C31H42N12O5. The predicted molar refractivity (Wildman–Crippen MR) is 182 cm³/mol. The van der Waals surface area contributed by atoms with Gasteiger partial charge in [0, 0.05) is 24.8 Å². The predicted octanol–water partition coefficient (Wildman–Crippen LogP) is 0.697. The summed E-state index contributed by atoms with van der Waals surface area (Å²) >= 11 is 0. The molecule has 0 bridgehead atoms. The lowest BCUT2D eigenvalue weighted by atomic mass is 10.0. The van der Waals surface area contributed by atoms with Crippen LogP contribution in [0.25, 0.3) is 11.2 Å². The van der Waals surface area contributed by atoms with Gasteiger partial charge in [-0.2, -0.15) is 9.97 Å². The summed E-state index contributed by atoms with van der Waals surface area (Å²) in [6, 6.07) is 10.8. The molecule has 2 heterocycles. The van der Waals surface area contributed by atoms with Crippen molar-refractivity contribution in [2.75, 3.05) is 25.1 Å². The monoisotopic (exact) mass is 662 g/mol. The second-order valence-corrected chi connectivity index (χ2v) is 9.60. The summed E-state index contributed by atoms with van der Waals surface area (Å²) in [7, 11) is 1.00. The Balaban J connectivity index is 0.00000193. The molecule has 0 aliphatic carbocycles. The van der Waals surface area contributed by atoms with Crippen LogP contribution >= 0.6 is 0 Å². The van der Waals surface area contributed by atoms with Gasteiger partial charge in [-0.3, -0.25) is 9.59 Å². The number of nitrogens with two attached hydrogens (primary N) is 4. The Labute approximate surface area is 277 Å². The molecule has 1 atom stereocenters. The highest BCUT2D eigenvalue weighted by Crippen LogP contribution is 2.17. The number of rotatable bonds is 13. The Morgan fingerprint density at radius 1 is 1.02 bits per heavy atom. The van der Waals surface area contributed by atoms with Gasteiger partial charge in [0.15, 0.2) is 22.8 Å². The van der Waals surface area contributed by atoms with Crippen LogP contribution in [0, 0.1) is 6.92 Å². The van der Waals surface area contributed by atoms with Gasteiger partial charge in [0.1, 0.15) is 18.6 Å². The number of hydrogen-bond donors (Lipinski definition) is 8. The van der Waals surface area contributed by atoms with Crippen LogP contribution in [0.2, 0.25) is 0 Å². The summed E-state index contributed by atoms with van der Waals surface area (Å²) in [5.41, 5.74) is 22.5. The number of aryl methyl sites for hydroxylation is 1. The van der Waals surface area contributed by atoms with Gasteiger partial charge < -0.3 is 42.5 Å². The normalized spacial score (nSPS) is 11.2. The number of hydrazone groups is 1. The number of carbonyl (C=O) groups is 3. The van der Waals surface area contributed by atoms with Crippen molar-refractivity contribution < 1.29 is 24.2 Å². The van der Waals surface area contributed by atoms with E-state index in [-0.39, 0.29) is 42.3 Å². The fourth-order valence-corrected chi connectivity index (χ4v) is 4.15. The third-order valence-corrected chi connectivity index (χ3v) is 6.34. The number of aliphatic hydroxyl groups is 1. The van der Waals surface area contributed by atoms with E-state index >= 15 is 0 Å². The molecule has 1 unspecified atom stereocenters. The fourth-order valence-electron chi connectivity index (χ4n) is 4.15. The van der Waals surface area contributed by atoms with Gasteiger partial charge in [-0.05, 0) is 56.2 Å². The maximum atomic E-state index is 12.8. The van der Waals surface area contributed by atoms with Crippen molar-refractivity contribution in [3.8, 4) is 5.75 Å². The first-order valence-corrected chi connectivity index (χ1v) is 14.8. The van der Waals surface area contributed by atoms with Crippen LogP contribution in [-0.4, -0.2) is 68.7 Å². The number of hydrogen-bond acceptors (Lipinski definition) is 14. The molecule has 0 saturated heterocycles. The molecule has 256 valence electrons. The zero-order valence-corrected chi connectivity index (χ0v) is 27.2. The maximum Gasteiger partial charge on any atom is 0.252 e. The number of nitrogens with one attached hydrogen (secondary N) is 3. The number of aromatic nitrogens is 4. The molecule has 0 aliphatic heterocycles. The molecule has 17 nitrogen and oxygen atoms in total. The molecular weight excluding hydrogens is 620 g/mol. The summed E-state index contributed by atoms with van der Waals surface area (Å²) in [4.78, 5) is 53.5. The minimum Gasteiger partial charge on any atom is -0.487 e. The summed E-state index contributed by atoms with van der Waals surface area (Å²) < 4.78 is 5.74. The second-order valence-electron chi connectivity index (χ2n) is 9.60. The van der Waals surface area contributed by atoms with Crippen molar-refractivity contribution in [3.05, 3.63) is 76.6 Å². The molecule has 2 amide bonds. The zero-order valence-electron chi connectivity index (χ0n) is 27.2. The largest absolute Gasteiger partial charge is 0.487 e. The Hall–Kier alpha value is -5.94. The molecule has 4 aromatic rings. The van der Waals surface area contributed by atoms with Crippen molar-refractivity contribution in [2.24, 2.45) is 16.7 Å². The number of ether oxygens (including phenoxy) is 1. The number of anilines is 2. The van der Waals surface area contributed by atoms with Crippen LogP contribution in [0.15, 0.2) is 53.8 Å². The highest BCUT2D eigenvalue weighted by molar-refractivity contribution is 6.08. The number of nitrogen functional groups attached to an aromatic ring is 2. The lowest BCUT2D eigenvalue weighted by Gasteiger charge is -2.14. The molecule has 4 rings (SSSR count). The van der Waals surface area contributed by atoms with Crippen LogP contribution in [0.4, 0.5) is 11.8 Å². The van der Waals surface area contributed by atoms with Gasteiger partial charge >= 0.3 is 0 Å². The smallest absolute Gasteiger partial charge is 0.252 e. The molecule has 0 aliphatic rings. The van der Waals surface area contributed by atoms with Gasteiger partial charge in [0.25, 0.3) is 11.8 Å². The molecule has 48 heavy (non-hydrogen) atoms. The molecule has 2 aromatic carbocycles. The van der Waals surface area contributed by atoms with E-state index < -0.39 is 11.9 Å². The van der Waals surface area contributed by atoms with E-state index in [4.69, 9.17) is 32.9 Å². The van der Waals surface area contributed by atoms with Gasteiger partial charge in [-0.1, -0.05) is 25.5 Å². The Kier molecular flexibility index (Phi) is 15.6. The lowest BCUT2D eigenvalue weighted by molar-refractivity contribution is -0.109. The third kappa shape index (κ3) is 10.8. The minimum atomic E-state index is -0.748. The van der Waals surface area contributed by atoms with Crippen molar-refractivity contribution in [3.63, 3.8) is 0 Å². The topological polar surface area (TPSA) is 285 Å². The van der Waals surface area contributed by atoms with E-state index in [1.165, 1.54) is 6.20 Å². The SMILES string of the molecule is CC.CO.Cc1ccc(C(=O)NCCCC(C=O)NC(=O)c2ccc(OCc3cnc4nc(N)nc(N)c4n3)cc2)c(/C(N)=N/NN)c1. The highest BCUT2D eigenvalue weighted by Gasteiger charge is 2.16. The van der Waals surface area contributed by atoms with Gasteiger partial charge in [-0.25, -0.2) is 21.3 Å². The summed E-state index contributed by atoms with van der Waals surface area (Å²) in [5, 5.41) is 16.2. The molecule has 12 N–H and O–H groups in total. The van der Waals surface area contributed by atoms with Gasteiger partial charge in [0.05, 0.1) is 23.5 Å². The molecule has 0 saturated carbocycles. The highest BCUT2D eigenvalue weighted by atomic mass is 16.5. The number of aldehydes is 1. The van der Waals surface area contributed by atoms with Crippen molar-refractivity contribution in [1.29, 1.82) is 0 Å². The summed E-state index contributed by atoms with van der Waals surface area (Å²) in [5.74, 6) is 5.09. The number of benzene rings is 2. The van der Waals surface area contributed by atoms with Crippen molar-refractivity contribution in [1.82, 2.24) is 36.1 Å². The van der Waals surface area contributed by atoms with E-state index in [1.54, 1.807) is 42.5 Å². The first-order valence-electron chi connectivity index (χ1n) is 14.8. The number of amidine groups is 1. The number of amides is 2. The van der Waals surface area contributed by atoms with E-state index in [2.05, 4.69) is 41.2 Å². The van der Waals surface area contributed by atoms with Crippen molar-refractivity contribution >= 4 is 46.9 Å². The number of aliphatic hydroxyl groups excluding tert-OH is 1. The molecule has 0 fully saturated rings. The van der Waals surface area contributed by atoms with Gasteiger partial charge in [0.2, 0.25) is 5.95 Å². The Bertz CT molecular complexity index is 1700. The van der Waals surface area contributed by atoms with Crippen LogP contribution in [0.3, 0.4) is 0 Å². The number of fused-ring (bicyclic) bond motifs is 1. The number of nitrogens with zero attached hydrogens (tertiary/aromatic N) is 5. The fraction of sp³-hybridized carbons (Fsp3) is 0.290. The number of hydrazine groups is 1. The first-order chi connectivity index (χ1) is 23.2. The van der Waals surface area contributed by atoms with E-state index in [1.807, 2.05) is 20.8 Å². The lowest BCUT2D eigenvalue weighted by Crippen LogP contribution is -2.37. The first kappa shape index (κ1) is 38.2. The standard InChI is InChI=1S/C28H32N12O4.C2H6.CH4O/c1-15-4-9-20(21(11-15)23(29)39-40-32)27(43)33-10-2-3-17(13-41)36-26(42)16-5-7-19(8-6-16)44-14-18-12-34-25-22(35-18)24(30)37-28(31)38-25;2*1-2/h4-9,11-13,17,40H,2-3,10,14,32H2,1H3,(H2,29,39)(H,33,43)(H,36,42)(H4,30,31,34,37,38);1-2H3;2H,1H3. The van der Waals surface area contributed by atoms with Crippen LogP contribution in [0.5, 0.6) is 5.75 Å². The average molecular weight is 663 g/mol. The molecule has 0 spiro atoms. The van der Waals surface area contributed by atoms with E-state index in [0.29, 0.717) is 52.8 Å². The molecule has 0 radical (unpaired) electrons. The van der Waals surface area contributed by atoms with Crippen molar-refractivity contribution in [2.45, 2.75) is 46.3 Å². The zero-order chi connectivity index (χ0) is 35.6. The Morgan fingerprint density at radius 2 is 1.73 bits per heavy atom. The number of carbonyl (C=O) groups excluding carboxylic acids is 3. The molecule has 2 aromatic heterocycles. The second kappa shape index (κ2) is 19.5. The summed E-state index contributed by atoms with van der Waals surface area (Å²) in [6.07, 6.45) is 2.89. The average Bonchev–Trinajstić information content (AvgIpc) is 3.10. The maximum absolute atomic E-state index is 12.8.